The van der Waals surface area contributed by atoms with Crippen molar-refractivity contribution in [3.8, 4) is 11.4 Å². The van der Waals surface area contributed by atoms with Crippen LogP contribution in [-0.4, -0.2) is 49.2 Å². The molecule has 0 spiro atoms. The Morgan fingerprint density at radius 1 is 1.12 bits per heavy atom. The molecule has 1 aromatic heterocycles. The molecule has 1 atom stereocenters. The Labute approximate surface area is 150 Å². The van der Waals surface area contributed by atoms with E-state index >= 15 is 0 Å². The predicted molar refractivity (Wildman–Crippen MR) is 92.3 cm³/mol. The molecule has 0 saturated carbocycles. The highest BCUT2D eigenvalue weighted by molar-refractivity contribution is 5.80. The molecule has 0 aliphatic heterocycles. The van der Waals surface area contributed by atoms with Crippen molar-refractivity contribution >= 4 is 12.1 Å². The molecule has 2 rings (SSSR count). The monoisotopic (exact) mass is 359 g/mol. The topological polar surface area (TPSA) is 127 Å². The van der Waals surface area contributed by atoms with Crippen molar-refractivity contribution in [1.29, 1.82) is 0 Å². The molecule has 1 aromatic carbocycles. The molecule has 138 valence electrons. The van der Waals surface area contributed by atoms with Gasteiger partial charge in [0.2, 0.25) is 5.82 Å². The first-order valence-electron chi connectivity index (χ1n) is 8.00. The first-order valence-corrected chi connectivity index (χ1v) is 8.00. The van der Waals surface area contributed by atoms with Crippen LogP contribution in [-0.2, 0) is 16.0 Å². The number of carbonyl (C=O) groups is 2. The molecule has 0 aliphatic carbocycles. The van der Waals surface area contributed by atoms with E-state index in [0.29, 0.717) is 17.2 Å². The molecule has 9 heteroatoms. The zero-order valence-corrected chi connectivity index (χ0v) is 15.1. The number of nitrogens with zero attached hydrogens (tertiary/aromatic N) is 4. The molecule has 2 N–H and O–H groups in total. The lowest BCUT2D eigenvalue weighted by molar-refractivity contribution is -0.139. The summed E-state index contributed by atoms with van der Waals surface area (Å²) in [6, 6.07) is 5.87. The van der Waals surface area contributed by atoms with Crippen LogP contribution in [0.25, 0.3) is 11.4 Å². The summed E-state index contributed by atoms with van der Waals surface area (Å²) in [6.45, 7) is 6.81. The zero-order valence-electron chi connectivity index (χ0n) is 15.1. The number of aryl methyl sites for hydroxylation is 1. The first-order chi connectivity index (χ1) is 12.1. The van der Waals surface area contributed by atoms with Crippen molar-refractivity contribution in [2.24, 2.45) is 0 Å². The maximum absolute atomic E-state index is 11.8. The van der Waals surface area contributed by atoms with Crippen molar-refractivity contribution in [2.45, 2.75) is 45.8 Å². The summed E-state index contributed by atoms with van der Waals surface area (Å²) in [5.74, 6) is -0.290. The summed E-state index contributed by atoms with van der Waals surface area (Å²) in [5.41, 5.74) is 0.733. The largest absolute Gasteiger partial charge is 0.480 e. The van der Waals surface area contributed by atoms with Gasteiger partial charge < -0.3 is 15.2 Å². The van der Waals surface area contributed by atoms with Gasteiger partial charge in [-0.05, 0) is 33.3 Å². The number of aromatic nitrogens is 4. The predicted octanol–water partition coefficient (Wildman–Crippen LogP) is 1.76. The average molecular weight is 359 g/mol. The van der Waals surface area contributed by atoms with Crippen LogP contribution in [0.15, 0.2) is 24.3 Å². The van der Waals surface area contributed by atoms with Crippen molar-refractivity contribution in [3.63, 3.8) is 0 Å². The Hall–Kier alpha value is -3.10. The summed E-state index contributed by atoms with van der Waals surface area (Å²) in [7, 11) is 0. The highest BCUT2D eigenvalue weighted by atomic mass is 16.6. The van der Waals surface area contributed by atoms with Crippen molar-refractivity contribution < 1.29 is 19.4 Å². The van der Waals surface area contributed by atoms with E-state index in [1.807, 2.05) is 0 Å². The molecule has 0 fully saturated rings. The summed E-state index contributed by atoms with van der Waals surface area (Å²) in [6.07, 6.45) is -0.660. The van der Waals surface area contributed by atoms with Gasteiger partial charge in [-0.3, -0.25) is 0 Å². The number of carbonyl (C=O) groups excluding carboxylic acids is 1. The average Bonchev–Trinajstić information content (AvgIpc) is 2.54. The third kappa shape index (κ3) is 5.76. The smallest absolute Gasteiger partial charge is 0.408 e. The van der Waals surface area contributed by atoms with Gasteiger partial charge in [-0.25, -0.2) is 9.59 Å². The Bertz CT molecular complexity index is 769. The van der Waals surface area contributed by atoms with Gasteiger partial charge in [0.15, 0.2) is 5.82 Å². The van der Waals surface area contributed by atoms with E-state index in [1.54, 1.807) is 52.0 Å². The van der Waals surface area contributed by atoms with E-state index in [4.69, 9.17) is 4.74 Å². The molecule has 1 amide bonds. The molecule has 2 aromatic rings. The second-order valence-electron chi connectivity index (χ2n) is 6.71. The van der Waals surface area contributed by atoms with E-state index in [9.17, 15) is 14.7 Å². The number of alkyl carbamates (subject to hydrolysis) is 1. The Morgan fingerprint density at radius 3 is 2.19 bits per heavy atom. The maximum atomic E-state index is 11.8. The Balaban J connectivity index is 2.06. The molecule has 0 unspecified atom stereocenters. The Kier molecular flexibility index (Phi) is 5.81. The quantitative estimate of drug-likeness (QED) is 0.827. The highest BCUT2D eigenvalue weighted by Gasteiger charge is 2.24. The molecule has 0 bridgehead atoms. The van der Waals surface area contributed by atoms with Crippen LogP contribution in [0.1, 0.15) is 32.2 Å². The fourth-order valence-electron chi connectivity index (χ4n) is 2.07. The van der Waals surface area contributed by atoms with Crippen LogP contribution in [0.5, 0.6) is 0 Å². The number of carboxylic acids is 1. The van der Waals surface area contributed by atoms with E-state index in [2.05, 4.69) is 25.7 Å². The molecule has 0 radical (unpaired) electrons. The van der Waals surface area contributed by atoms with E-state index in [1.165, 1.54) is 0 Å². The third-order valence-corrected chi connectivity index (χ3v) is 3.22. The highest BCUT2D eigenvalue weighted by Crippen LogP contribution is 2.15. The number of hydrogen-bond acceptors (Lipinski definition) is 7. The van der Waals surface area contributed by atoms with Gasteiger partial charge in [-0.15, -0.1) is 20.4 Å². The molecule has 1 heterocycles. The number of nitrogens with one attached hydrogen (secondary N) is 1. The van der Waals surface area contributed by atoms with E-state index in [0.717, 1.165) is 5.56 Å². The molecule has 26 heavy (non-hydrogen) atoms. The minimum Gasteiger partial charge on any atom is -0.480 e. The first kappa shape index (κ1) is 19.2. The van der Waals surface area contributed by atoms with Crippen molar-refractivity contribution in [2.75, 3.05) is 0 Å². The van der Waals surface area contributed by atoms with Gasteiger partial charge in [-0.1, -0.05) is 24.3 Å². The van der Waals surface area contributed by atoms with E-state index < -0.39 is 23.7 Å². The fourth-order valence-corrected chi connectivity index (χ4v) is 2.07. The van der Waals surface area contributed by atoms with Crippen molar-refractivity contribution in [1.82, 2.24) is 25.7 Å². The molecule has 9 nitrogen and oxygen atoms in total. The number of ether oxygens (including phenoxy) is 1. The fraction of sp³-hybridized carbons (Fsp3) is 0.412. The summed E-state index contributed by atoms with van der Waals surface area (Å²) in [5, 5.41) is 27.3. The standard InChI is InChI=1S/C17H21N5O4/c1-10-19-21-14(22-20-10)12-7-5-11(6-8-12)9-13(15(23)24)18-16(25)26-17(2,3)4/h5-8,13H,9H2,1-4H3,(H,18,25)(H,23,24)/t13-/m1/s1. The molecular formula is C17H21N5O4. The van der Waals surface area contributed by atoms with Gasteiger partial charge in [0.25, 0.3) is 0 Å². The van der Waals surface area contributed by atoms with Gasteiger partial charge in [0, 0.05) is 12.0 Å². The molecule has 0 saturated heterocycles. The number of carboxylic acid groups (broad SMARTS) is 1. The lowest BCUT2D eigenvalue weighted by Gasteiger charge is -2.22. The van der Waals surface area contributed by atoms with Gasteiger partial charge in [0.05, 0.1) is 0 Å². The minimum absolute atomic E-state index is 0.111. The van der Waals surface area contributed by atoms with Crippen molar-refractivity contribution in [3.05, 3.63) is 35.7 Å². The number of aliphatic carboxylic acids is 1. The van der Waals surface area contributed by atoms with Crippen LogP contribution in [0.3, 0.4) is 0 Å². The SMILES string of the molecule is Cc1nnc(-c2ccc(C[C@@H](NC(=O)OC(C)(C)C)C(=O)O)cc2)nn1. The van der Waals surface area contributed by atoms with Gasteiger partial charge >= 0.3 is 12.1 Å². The van der Waals surface area contributed by atoms with Crippen LogP contribution in [0.4, 0.5) is 4.79 Å². The second kappa shape index (κ2) is 7.85. The normalized spacial score (nSPS) is 12.3. The number of hydrogen-bond donors (Lipinski definition) is 2. The molecular weight excluding hydrogens is 338 g/mol. The Morgan fingerprint density at radius 2 is 1.69 bits per heavy atom. The summed E-state index contributed by atoms with van der Waals surface area (Å²) >= 11 is 0. The van der Waals surface area contributed by atoms with Crippen LogP contribution in [0, 0.1) is 6.92 Å². The summed E-state index contributed by atoms with van der Waals surface area (Å²) in [4.78, 5) is 23.2. The minimum atomic E-state index is -1.14. The zero-order chi connectivity index (χ0) is 19.3. The van der Waals surface area contributed by atoms with Gasteiger partial charge in [-0.2, -0.15) is 0 Å². The lowest BCUT2D eigenvalue weighted by atomic mass is 10.0. The summed E-state index contributed by atoms with van der Waals surface area (Å²) < 4.78 is 5.10. The van der Waals surface area contributed by atoms with Crippen LogP contribution in [0.2, 0.25) is 0 Å². The third-order valence-electron chi connectivity index (χ3n) is 3.22. The lowest BCUT2D eigenvalue weighted by Crippen LogP contribution is -2.44. The number of rotatable bonds is 5. The van der Waals surface area contributed by atoms with E-state index in [-0.39, 0.29) is 6.42 Å². The number of benzene rings is 1. The number of amides is 1. The molecule has 0 aliphatic rings. The maximum Gasteiger partial charge on any atom is 0.408 e. The van der Waals surface area contributed by atoms with Crippen LogP contribution < -0.4 is 5.32 Å². The second-order valence-corrected chi connectivity index (χ2v) is 6.71. The van der Waals surface area contributed by atoms with Crippen LogP contribution >= 0.6 is 0 Å². The van der Waals surface area contributed by atoms with Gasteiger partial charge in [0.1, 0.15) is 11.6 Å².